The summed E-state index contributed by atoms with van der Waals surface area (Å²) < 4.78 is 46.2. The molecule has 0 amide bonds. The van der Waals surface area contributed by atoms with E-state index in [2.05, 4.69) is 4.99 Å². The van der Waals surface area contributed by atoms with Crippen LogP contribution in [0.5, 0.6) is 0 Å². The molecular formula is C22H24F3NO2. The molecule has 0 fully saturated rings. The van der Waals surface area contributed by atoms with Crippen molar-refractivity contribution < 1.29 is 22.7 Å². The second kappa shape index (κ2) is 9.04. The molecule has 28 heavy (non-hydrogen) atoms. The molecular weight excluding hydrogens is 367 g/mol. The summed E-state index contributed by atoms with van der Waals surface area (Å²) in [7, 11) is 0. The SMILES string of the molecule is CC(N=C(CC(=O)OC(C)(C)C)Cc1cc(F)c(F)cc1F)c1ccccc1. The van der Waals surface area contributed by atoms with E-state index in [9.17, 15) is 18.0 Å². The first kappa shape index (κ1) is 21.7. The van der Waals surface area contributed by atoms with Gasteiger partial charge in [0, 0.05) is 18.2 Å². The van der Waals surface area contributed by atoms with Gasteiger partial charge in [0.15, 0.2) is 11.6 Å². The van der Waals surface area contributed by atoms with Crippen molar-refractivity contribution >= 4 is 11.7 Å². The first-order valence-electron chi connectivity index (χ1n) is 9.01. The van der Waals surface area contributed by atoms with Crippen molar-refractivity contribution in [3.63, 3.8) is 0 Å². The molecule has 0 bridgehead atoms. The Bertz CT molecular complexity index is 858. The van der Waals surface area contributed by atoms with Crippen LogP contribution in [0.25, 0.3) is 0 Å². The van der Waals surface area contributed by atoms with Crippen molar-refractivity contribution in [1.82, 2.24) is 0 Å². The van der Waals surface area contributed by atoms with Crippen LogP contribution in [-0.4, -0.2) is 17.3 Å². The highest BCUT2D eigenvalue weighted by Gasteiger charge is 2.20. The third-order valence-electron chi connectivity index (χ3n) is 3.91. The predicted octanol–water partition coefficient (Wildman–Crippen LogP) is 5.58. The molecule has 0 aliphatic heterocycles. The Balaban J connectivity index is 2.31. The van der Waals surface area contributed by atoms with Crippen molar-refractivity contribution in [2.45, 2.75) is 52.2 Å². The van der Waals surface area contributed by atoms with Crippen LogP contribution in [0.2, 0.25) is 0 Å². The lowest BCUT2D eigenvalue weighted by molar-refractivity contribution is -0.153. The number of halogens is 3. The number of carbonyl (C=O) groups is 1. The molecule has 0 saturated heterocycles. The highest BCUT2D eigenvalue weighted by atomic mass is 19.2. The average molecular weight is 391 g/mol. The summed E-state index contributed by atoms with van der Waals surface area (Å²) in [6.07, 6.45) is -0.299. The van der Waals surface area contributed by atoms with Crippen molar-refractivity contribution in [1.29, 1.82) is 0 Å². The maximum Gasteiger partial charge on any atom is 0.312 e. The zero-order valence-electron chi connectivity index (χ0n) is 16.4. The summed E-state index contributed by atoms with van der Waals surface area (Å²) in [5, 5.41) is 0. The van der Waals surface area contributed by atoms with Gasteiger partial charge < -0.3 is 4.74 Å². The third kappa shape index (κ3) is 6.51. The van der Waals surface area contributed by atoms with E-state index in [1.807, 2.05) is 37.3 Å². The van der Waals surface area contributed by atoms with Gasteiger partial charge in [0.2, 0.25) is 0 Å². The van der Waals surface area contributed by atoms with Gasteiger partial charge in [-0.05, 0) is 44.9 Å². The lowest BCUT2D eigenvalue weighted by atomic mass is 10.0. The molecule has 2 rings (SSSR count). The number of esters is 1. The van der Waals surface area contributed by atoms with Crippen LogP contribution in [0.3, 0.4) is 0 Å². The van der Waals surface area contributed by atoms with Gasteiger partial charge in [0.1, 0.15) is 11.4 Å². The van der Waals surface area contributed by atoms with E-state index in [4.69, 9.17) is 4.74 Å². The molecule has 150 valence electrons. The standard InChI is InChI=1S/C22H24F3NO2/c1-14(15-8-6-5-7-9-15)26-17(12-21(27)28-22(2,3)4)10-16-11-19(24)20(25)13-18(16)23/h5-9,11,13-14H,10,12H2,1-4H3. The Morgan fingerprint density at radius 2 is 1.64 bits per heavy atom. The Morgan fingerprint density at radius 3 is 2.25 bits per heavy atom. The number of benzene rings is 2. The smallest absolute Gasteiger partial charge is 0.312 e. The lowest BCUT2D eigenvalue weighted by Gasteiger charge is -2.20. The molecule has 6 heteroatoms. The monoisotopic (exact) mass is 391 g/mol. The van der Waals surface area contributed by atoms with Gasteiger partial charge in [-0.25, -0.2) is 13.2 Å². The summed E-state index contributed by atoms with van der Waals surface area (Å²) in [6, 6.07) is 10.4. The van der Waals surface area contributed by atoms with E-state index in [0.717, 1.165) is 11.6 Å². The molecule has 0 spiro atoms. The van der Waals surface area contributed by atoms with Crippen LogP contribution >= 0.6 is 0 Å². The molecule has 3 nitrogen and oxygen atoms in total. The average Bonchev–Trinajstić information content (AvgIpc) is 2.58. The molecule has 2 aromatic carbocycles. The molecule has 1 atom stereocenters. The molecule has 0 heterocycles. The quantitative estimate of drug-likeness (QED) is 0.366. The van der Waals surface area contributed by atoms with E-state index in [1.54, 1.807) is 20.8 Å². The molecule has 0 N–H and O–H groups in total. The van der Waals surface area contributed by atoms with E-state index in [0.29, 0.717) is 11.8 Å². The van der Waals surface area contributed by atoms with Crippen LogP contribution in [0, 0.1) is 17.5 Å². The second-order valence-electron chi connectivity index (χ2n) is 7.58. The third-order valence-corrected chi connectivity index (χ3v) is 3.91. The van der Waals surface area contributed by atoms with Gasteiger partial charge in [0.05, 0.1) is 12.5 Å². The van der Waals surface area contributed by atoms with E-state index >= 15 is 0 Å². The Hall–Kier alpha value is -2.63. The van der Waals surface area contributed by atoms with Crippen molar-refractivity contribution in [2.24, 2.45) is 4.99 Å². The fourth-order valence-electron chi connectivity index (χ4n) is 2.70. The largest absolute Gasteiger partial charge is 0.460 e. The van der Waals surface area contributed by atoms with Gasteiger partial charge in [-0.15, -0.1) is 0 Å². The number of carbonyl (C=O) groups excluding carboxylic acids is 1. The minimum absolute atomic E-state index is 0.0681. The molecule has 0 aliphatic carbocycles. The summed E-state index contributed by atoms with van der Waals surface area (Å²) in [5.74, 6) is -3.81. The van der Waals surface area contributed by atoms with E-state index in [1.165, 1.54) is 0 Å². The summed E-state index contributed by atoms with van der Waals surface area (Å²) in [4.78, 5) is 16.8. The highest BCUT2D eigenvalue weighted by Crippen LogP contribution is 2.20. The van der Waals surface area contributed by atoms with Gasteiger partial charge in [0.25, 0.3) is 0 Å². The summed E-state index contributed by atoms with van der Waals surface area (Å²) in [6.45, 7) is 7.06. The first-order valence-corrected chi connectivity index (χ1v) is 9.01. The molecule has 0 aliphatic rings. The zero-order chi connectivity index (χ0) is 20.9. The molecule has 0 aromatic heterocycles. The van der Waals surface area contributed by atoms with Crippen LogP contribution < -0.4 is 0 Å². The molecule has 0 saturated carbocycles. The topological polar surface area (TPSA) is 38.7 Å². The van der Waals surface area contributed by atoms with Gasteiger partial charge in [-0.1, -0.05) is 30.3 Å². The minimum atomic E-state index is -1.26. The number of nitrogens with zero attached hydrogens (tertiary/aromatic N) is 1. The maximum absolute atomic E-state index is 14.1. The maximum atomic E-state index is 14.1. The predicted molar refractivity (Wildman–Crippen MR) is 103 cm³/mol. The normalized spacial score (nSPS) is 13.3. The van der Waals surface area contributed by atoms with E-state index in [-0.39, 0.29) is 24.4 Å². The number of hydrogen-bond donors (Lipinski definition) is 0. The number of hydrogen-bond acceptors (Lipinski definition) is 3. The second-order valence-corrected chi connectivity index (χ2v) is 7.58. The van der Waals surface area contributed by atoms with Crippen molar-refractivity contribution in [3.8, 4) is 0 Å². The van der Waals surface area contributed by atoms with Crippen molar-refractivity contribution in [3.05, 3.63) is 71.0 Å². The highest BCUT2D eigenvalue weighted by molar-refractivity contribution is 6.00. The fraction of sp³-hybridized carbons (Fsp3) is 0.364. The summed E-state index contributed by atoms with van der Waals surface area (Å²) >= 11 is 0. The summed E-state index contributed by atoms with van der Waals surface area (Å²) in [5.41, 5.74) is 0.493. The zero-order valence-corrected chi connectivity index (χ0v) is 16.4. The van der Waals surface area contributed by atoms with Crippen molar-refractivity contribution in [2.75, 3.05) is 0 Å². The Morgan fingerprint density at radius 1 is 1.04 bits per heavy atom. The fourth-order valence-corrected chi connectivity index (χ4v) is 2.70. The van der Waals surface area contributed by atoms with E-state index < -0.39 is 29.0 Å². The molecule has 2 aromatic rings. The Labute approximate surface area is 163 Å². The van der Waals surface area contributed by atoms with Crippen LogP contribution in [0.15, 0.2) is 47.5 Å². The number of ether oxygens (including phenoxy) is 1. The van der Waals surface area contributed by atoms with Crippen LogP contribution in [0.4, 0.5) is 13.2 Å². The minimum Gasteiger partial charge on any atom is -0.460 e. The first-order chi connectivity index (χ1) is 13.0. The molecule has 1 unspecified atom stereocenters. The molecule has 0 radical (unpaired) electrons. The Kier molecular flexibility index (Phi) is 7.00. The number of rotatable bonds is 6. The van der Waals surface area contributed by atoms with Gasteiger partial charge in [-0.3, -0.25) is 9.79 Å². The van der Waals surface area contributed by atoms with Crippen LogP contribution in [0.1, 0.15) is 51.3 Å². The van der Waals surface area contributed by atoms with Crippen LogP contribution in [-0.2, 0) is 16.0 Å². The van der Waals surface area contributed by atoms with Gasteiger partial charge >= 0.3 is 5.97 Å². The number of aliphatic imine (C=N–C) groups is 1. The lowest BCUT2D eigenvalue weighted by Crippen LogP contribution is -2.26. The van der Waals surface area contributed by atoms with Gasteiger partial charge in [-0.2, -0.15) is 0 Å².